The standard InChI is InChI=1S/C31H23N5O10/c1-43-28-15-20(8-11-27(28)46-25-12-9-22(35(39)40)16-24(25)36(41)42)17-32-34-31(38)23(33-30(37)21-5-3-2-4-6-21)13-19-7-10-26-29(14-19)45-18-44-26/h2-17H,18H2,1H3,(H,33,37)(H,34,38). The van der Waals surface area contributed by atoms with Gasteiger partial charge in [-0.15, -0.1) is 0 Å². The number of ether oxygens (including phenoxy) is 4. The Hall–Kier alpha value is -6.77. The van der Waals surface area contributed by atoms with Crippen LogP contribution in [0.25, 0.3) is 6.08 Å². The minimum Gasteiger partial charge on any atom is -0.493 e. The van der Waals surface area contributed by atoms with Gasteiger partial charge in [0.05, 0.1) is 29.2 Å². The fourth-order valence-electron chi connectivity index (χ4n) is 4.15. The average Bonchev–Trinajstić information content (AvgIpc) is 3.53. The summed E-state index contributed by atoms with van der Waals surface area (Å²) in [5, 5.41) is 29.1. The van der Waals surface area contributed by atoms with E-state index in [0.717, 1.165) is 18.2 Å². The molecule has 0 bridgehead atoms. The Balaban J connectivity index is 1.33. The minimum absolute atomic E-state index is 0.0736. The summed E-state index contributed by atoms with van der Waals surface area (Å²) in [5.41, 5.74) is 2.54. The molecule has 0 saturated carbocycles. The van der Waals surface area contributed by atoms with E-state index in [1.54, 1.807) is 48.5 Å². The quantitative estimate of drug-likeness (QED) is 0.0996. The third kappa shape index (κ3) is 7.23. The molecular weight excluding hydrogens is 602 g/mol. The van der Waals surface area contributed by atoms with Crippen LogP contribution in [0.5, 0.6) is 28.7 Å². The van der Waals surface area contributed by atoms with Gasteiger partial charge in [0, 0.05) is 11.6 Å². The molecule has 0 spiro atoms. The summed E-state index contributed by atoms with van der Waals surface area (Å²) in [5.74, 6) is -0.193. The summed E-state index contributed by atoms with van der Waals surface area (Å²) < 4.78 is 21.7. The molecule has 15 nitrogen and oxygen atoms in total. The number of benzene rings is 4. The molecule has 1 aliphatic rings. The maximum atomic E-state index is 13.2. The second kappa shape index (κ2) is 13.7. The summed E-state index contributed by atoms with van der Waals surface area (Å²) in [6.07, 6.45) is 2.76. The topological polar surface area (TPSA) is 194 Å². The van der Waals surface area contributed by atoms with Gasteiger partial charge in [0.15, 0.2) is 23.0 Å². The molecule has 15 heteroatoms. The predicted octanol–water partition coefficient (Wildman–Crippen LogP) is 4.95. The number of hydrogen-bond acceptors (Lipinski definition) is 11. The maximum absolute atomic E-state index is 13.2. The van der Waals surface area contributed by atoms with Crippen LogP contribution in [0.4, 0.5) is 11.4 Å². The number of non-ortho nitro benzene ring substituents is 1. The second-order valence-electron chi connectivity index (χ2n) is 9.37. The van der Waals surface area contributed by atoms with Crippen molar-refractivity contribution >= 4 is 35.5 Å². The van der Waals surface area contributed by atoms with E-state index in [4.69, 9.17) is 18.9 Å². The lowest BCUT2D eigenvalue weighted by atomic mass is 10.1. The number of carbonyl (C=O) groups excluding carboxylic acids is 2. The molecule has 0 atom stereocenters. The molecule has 0 aromatic heterocycles. The number of nitro groups is 2. The second-order valence-corrected chi connectivity index (χ2v) is 9.37. The molecule has 5 rings (SSSR count). The van der Waals surface area contributed by atoms with E-state index in [1.165, 1.54) is 37.6 Å². The van der Waals surface area contributed by atoms with Crippen LogP contribution in [0.3, 0.4) is 0 Å². The molecule has 4 aromatic rings. The van der Waals surface area contributed by atoms with Crippen LogP contribution in [0.15, 0.2) is 95.7 Å². The van der Waals surface area contributed by atoms with E-state index in [1.807, 2.05) is 0 Å². The van der Waals surface area contributed by atoms with Gasteiger partial charge < -0.3 is 24.3 Å². The van der Waals surface area contributed by atoms with Crippen molar-refractivity contribution in [3.63, 3.8) is 0 Å². The zero-order chi connectivity index (χ0) is 32.6. The highest BCUT2D eigenvalue weighted by molar-refractivity contribution is 6.05. The molecule has 4 aromatic carbocycles. The normalized spacial score (nSPS) is 12.0. The van der Waals surface area contributed by atoms with E-state index in [2.05, 4.69) is 15.8 Å². The van der Waals surface area contributed by atoms with Crippen LogP contribution in [-0.4, -0.2) is 41.8 Å². The molecule has 0 aliphatic carbocycles. The number of hydrazone groups is 1. The first-order valence-corrected chi connectivity index (χ1v) is 13.3. The molecule has 0 radical (unpaired) electrons. The smallest absolute Gasteiger partial charge is 0.318 e. The van der Waals surface area contributed by atoms with E-state index in [9.17, 15) is 29.8 Å². The van der Waals surface area contributed by atoms with Crippen LogP contribution < -0.4 is 29.7 Å². The van der Waals surface area contributed by atoms with Crippen molar-refractivity contribution in [2.75, 3.05) is 13.9 Å². The highest BCUT2D eigenvalue weighted by atomic mass is 16.7. The van der Waals surface area contributed by atoms with Gasteiger partial charge in [-0.1, -0.05) is 24.3 Å². The summed E-state index contributed by atoms with van der Waals surface area (Å²) in [7, 11) is 1.35. The lowest BCUT2D eigenvalue weighted by molar-refractivity contribution is -0.394. The Kier molecular flexibility index (Phi) is 9.13. The molecule has 2 N–H and O–H groups in total. The number of nitro benzene ring substituents is 2. The molecule has 232 valence electrons. The first-order chi connectivity index (χ1) is 22.2. The molecule has 0 fully saturated rings. The van der Waals surface area contributed by atoms with Crippen molar-refractivity contribution in [2.24, 2.45) is 5.10 Å². The van der Waals surface area contributed by atoms with E-state index < -0.39 is 33.0 Å². The van der Waals surface area contributed by atoms with Gasteiger partial charge in [-0.2, -0.15) is 5.10 Å². The van der Waals surface area contributed by atoms with Crippen LogP contribution in [0.2, 0.25) is 0 Å². The number of rotatable bonds is 11. The zero-order valence-electron chi connectivity index (χ0n) is 23.9. The highest BCUT2D eigenvalue weighted by Gasteiger charge is 2.22. The Morgan fingerprint density at radius 3 is 2.33 bits per heavy atom. The van der Waals surface area contributed by atoms with Crippen molar-refractivity contribution in [1.82, 2.24) is 10.7 Å². The lowest BCUT2D eigenvalue weighted by Gasteiger charge is -2.11. The molecule has 1 heterocycles. The van der Waals surface area contributed by atoms with E-state index in [-0.39, 0.29) is 29.7 Å². The number of fused-ring (bicyclic) bond motifs is 1. The largest absolute Gasteiger partial charge is 0.493 e. The number of nitrogens with zero attached hydrogens (tertiary/aromatic N) is 3. The number of hydrogen-bond donors (Lipinski definition) is 2. The zero-order valence-corrected chi connectivity index (χ0v) is 23.9. The highest BCUT2D eigenvalue weighted by Crippen LogP contribution is 2.38. The third-order valence-electron chi connectivity index (χ3n) is 6.37. The number of carbonyl (C=O) groups is 2. The summed E-state index contributed by atoms with van der Waals surface area (Å²) in [4.78, 5) is 47.0. The van der Waals surface area contributed by atoms with Crippen LogP contribution >= 0.6 is 0 Å². The summed E-state index contributed by atoms with van der Waals surface area (Å²) in [6.45, 7) is 0.0736. The van der Waals surface area contributed by atoms with Gasteiger partial charge >= 0.3 is 5.69 Å². The van der Waals surface area contributed by atoms with Gasteiger partial charge in [0.1, 0.15) is 5.70 Å². The molecule has 2 amide bonds. The van der Waals surface area contributed by atoms with Gasteiger partial charge in [-0.3, -0.25) is 29.8 Å². The average molecular weight is 626 g/mol. The van der Waals surface area contributed by atoms with Crippen molar-refractivity contribution in [1.29, 1.82) is 0 Å². The first kappa shape index (κ1) is 30.7. The minimum atomic E-state index is -0.796. The third-order valence-corrected chi connectivity index (χ3v) is 6.37. The predicted molar refractivity (Wildman–Crippen MR) is 163 cm³/mol. The fraction of sp³-hybridized carbons (Fsp3) is 0.0645. The van der Waals surface area contributed by atoms with Gasteiger partial charge in [-0.25, -0.2) is 5.43 Å². The Morgan fingerprint density at radius 1 is 0.848 bits per heavy atom. The summed E-state index contributed by atoms with van der Waals surface area (Å²) >= 11 is 0. The lowest BCUT2D eigenvalue weighted by Crippen LogP contribution is -2.32. The Bertz CT molecular complexity index is 1890. The van der Waals surface area contributed by atoms with E-state index in [0.29, 0.717) is 28.2 Å². The number of nitrogens with one attached hydrogen (secondary N) is 2. The van der Waals surface area contributed by atoms with Gasteiger partial charge in [0.2, 0.25) is 12.5 Å². The first-order valence-electron chi connectivity index (χ1n) is 13.3. The van der Waals surface area contributed by atoms with Gasteiger partial charge in [-0.05, 0) is 65.7 Å². The van der Waals surface area contributed by atoms with Gasteiger partial charge in [0.25, 0.3) is 17.5 Å². The molecule has 46 heavy (non-hydrogen) atoms. The number of methoxy groups -OCH3 is 1. The van der Waals surface area contributed by atoms with Crippen molar-refractivity contribution in [3.8, 4) is 28.7 Å². The molecule has 1 aliphatic heterocycles. The van der Waals surface area contributed by atoms with Crippen LogP contribution in [-0.2, 0) is 4.79 Å². The Morgan fingerprint density at radius 2 is 1.59 bits per heavy atom. The Labute approximate surface area is 260 Å². The SMILES string of the molecule is COc1cc(C=NNC(=O)C(=Cc2ccc3c(c2)OCO3)NC(=O)c2ccccc2)ccc1Oc1ccc([N+](=O)[O-])cc1[N+](=O)[O-]. The van der Waals surface area contributed by atoms with Crippen molar-refractivity contribution < 1.29 is 38.4 Å². The van der Waals surface area contributed by atoms with Crippen LogP contribution in [0, 0.1) is 20.2 Å². The van der Waals surface area contributed by atoms with Crippen molar-refractivity contribution in [3.05, 3.63) is 128 Å². The molecule has 0 unspecified atom stereocenters. The molecule has 0 saturated heterocycles. The van der Waals surface area contributed by atoms with Crippen molar-refractivity contribution in [2.45, 2.75) is 0 Å². The van der Waals surface area contributed by atoms with E-state index >= 15 is 0 Å². The maximum Gasteiger partial charge on any atom is 0.318 e. The fourth-order valence-corrected chi connectivity index (χ4v) is 4.15. The summed E-state index contributed by atoms with van der Waals surface area (Å²) in [6, 6.07) is 20.8. The monoisotopic (exact) mass is 625 g/mol. The molecular formula is C31H23N5O10. The van der Waals surface area contributed by atoms with Crippen LogP contribution in [0.1, 0.15) is 21.5 Å². The number of amides is 2.